The van der Waals surface area contributed by atoms with Crippen LogP contribution in [0.1, 0.15) is 32.4 Å². The van der Waals surface area contributed by atoms with Crippen molar-refractivity contribution < 1.29 is 0 Å². The maximum absolute atomic E-state index is 6.07. The van der Waals surface area contributed by atoms with Gasteiger partial charge in [0.05, 0.1) is 11.2 Å². The Hall–Kier alpha value is -1.61. The maximum atomic E-state index is 6.07. The number of aromatic nitrogens is 1. The smallest absolute Gasteiger partial charge is 0.0726 e. The van der Waals surface area contributed by atoms with Gasteiger partial charge in [-0.15, -0.1) is 0 Å². The van der Waals surface area contributed by atoms with Crippen molar-refractivity contribution in [3.05, 3.63) is 36.0 Å². The van der Waals surface area contributed by atoms with Gasteiger partial charge in [-0.25, -0.2) is 0 Å². The fraction of sp³-hybridized carbons (Fsp3) is 0.438. The predicted molar refractivity (Wildman–Crippen MR) is 81.9 cm³/mol. The van der Waals surface area contributed by atoms with E-state index in [1.165, 1.54) is 12.8 Å². The quantitative estimate of drug-likeness (QED) is 0.834. The minimum atomic E-state index is 0.748. The second kappa shape index (κ2) is 6.53. The van der Waals surface area contributed by atoms with Crippen LogP contribution in [0.15, 0.2) is 30.3 Å². The number of para-hydroxylation sites is 1. The summed E-state index contributed by atoms with van der Waals surface area (Å²) in [6.07, 6.45) is 2.44. The highest BCUT2D eigenvalue weighted by molar-refractivity contribution is 5.90. The van der Waals surface area contributed by atoms with Gasteiger partial charge in [-0.05, 0) is 24.6 Å². The molecule has 1 heterocycles. The zero-order valence-electron chi connectivity index (χ0n) is 11.8. The van der Waals surface area contributed by atoms with Crippen LogP contribution in [0, 0.1) is 5.92 Å². The number of rotatable bonds is 6. The molecule has 2 rings (SSSR count). The summed E-state index contributed by atoms with van der Waals surface area (Å²) >= 11 is 0. The molecule has 2 aromatic rings. The van der Waals surface area contributed by atoms with E-state index < -0.39 is 0 Å². The standard InChI is InChI=1S/C16H23N3/c1-3-12(4-2)10-18-11-13-9-15(17)14-7-5-6-8-16(14)19-13/h5-9,12,18H,3-4,10-11H2,1-2H3,(H2,17,19). The van der Waals surface area contributed by atoms with Crippen LogP contribution in [-0.2, 0) is 6.54 Å². The number of hydrogen-bond acceptors (Lipinski definition) is 3. The minimum Gasteiger partial charge on any atom is -0.398 e. The summed E-state index contributed by atoms with van der Waals surface area (Å²) in [6, 6.07) is 9.99. The van der Waals surface area contributed by atoms with Crippen molar-refractivity contribution in [2.75, 3.05) is 12.3 Å². The highest BCUT2D eigenvalue weighted by atomic mass is 14.9. The van der Waals surface area contributed by atoms with Gasteiger partial charge in [-0.2, -0.15) is 0 Å². The lowest BCUT2D eigenvalue weighted by molar-refractivity contribution is 0.448. The summed E-state index contributed by atoms with van der Waals surface area (Å²) < 4.78 is 0. The summed E-state index contributed by atoms with van der Waals surface area (Å²) in [5.41, 5.74) is 8.87. The molecular formula is C16H23N3. The molecule has 102 valence electrons. The number of nitrogens with two attached hydrogens (primary N) is 1. The summed E-state index contributed by atoms with van der Waals surface area (Å²) in [5.74, 6) is 0.748. The average molecular weight is 257 g/mol. The maximum Gasteiger partial charge on any atom is 0.0726 e. The van der Waals surface area contributed by atoms with Crippen LogP contribution in [0.4, 0.5) is 5.69 Å². The van der Waals surface area contributed by atoms with Crippen molar-refractivity contribution in [3.8, 4) is 0 Å². The monoisotopic (exact) mass is 257 g/mol. The van der Waals surface area contributed by atoms with Gasteiger partial charge in [-0.1, -0.05) is 44.9 Å². The van der Waals surface area contributed by atoms with E-state index in [4.69, 9.17) is 5.73 Å². The van der Waals surface area contributed by atoms with Crippen molar-refractivity contribution in [1.29, 1.82) is 0 Å². The normalized spacial score (nSPS) is 11.3. The zero-order valence-corrected chi connectivity index (χ0v) is 11.8. The minimum absolute atomic E-state index is 0.748. The molecule has 0 aliphatic heterocycles. The van der Waals surface area contributed by atoms with Crippen LogP contribution in [-0.4, -0.2) is 11.5 Å². The first-order chi connectivity index (χ1) is 9.24. The predicted octanol–water partition coefficient (Wildman–Crippen LogP) is 3.34. The van der Waals surface area contributed by atoms with E-state index in [1.54, 1.807) is 0 Å². The van der Waals surface area contributed by atoms with Crippen LogP contribution in [0.5, 0.6) is 0 Å². The Bertz CT molecular complexity index is 533. The van der Waals surface area contributed by atoms with E-state index in [2.05, 4.69) is 24.1 Å². The van der Waals surface area contributed by atoms with Gasteiger partial charge >= 0.3 is 0 Å². The molecule has 0 spiro atoms. The van der Waals surface area contributed by atoms with Crippen LogP contribution < -0.4 is 11.1 Å². The zero-order chi connectivity index (χ0) is 13.7. The highest BCUT2D eigenvalue weighted by Crippen LogP contribution is 2.20. The van der Waals surface area contributed by atoms with Gasteiger partial charge in [-0.3, -0.25) is 4.98 Å². The molecule has 0 amide bonds. The molecule has 3 N–H and O–H groups in total. The summed E-state index contributed by atoms with van der Waals surface area (Å²) in [5, 5.41) is 4.51. The number of hydrogen-bond donors (Lipinski definition) is 2. The van der Waals surface area contributed by atoms with Gasteiger partial charge in [0.1, 0.15) is 0 Å². The molecule has 0 saturated carbocycles. The topological polar surface area (TPSA) is 50.9 Å². The number of anilines is 1. The van der Waals surface area contributed by atoms with Crippen LogP contribution in [0.25, 0.3) is 10.9 Å². The Labute approximate surface area is 115 Å². The first-order valence-electron chi connectivity index (χ1n) is 7.09. The molecule has 0 unspecified atom stereocenters. The molecule has 3 heteroatoms. The van der Waals surface area contributed by atoms with E-state index in [0.29, 0.717) is 0 Å². The molecule has 0 bridgehead atoms. The van der Waals surface area contributed by atoms with Crippen molar-refractivity contribution in [2.45, 2.75) is 33.2 Å². The summed E-state index contributed by atoms with van der Waals surface area (Å²) in [6.45, 7) is 6.30. The molecule has 1 aromatic heterocycles. The third-order valence-corrected chi connectivity index (χ3v) is 3.70. The van der Waals surface area contributed by atoms with E-state index in [-0.39, 0.29) is 0 Å². The van der Waals surface area contributed by atoms with Crippen LogP contribution >= 0.6 is 0 Å². The lowest BCUT2D eigenvalue weighted by atomic mass is 10.0. The fourth-order valence-corrected chi connectivity index (χ4v) is 2.33. The Balaban J connectivity index is 2.05. The van der Waals surface area contributed by atoms with E-state index >= 15 is 0 Å². The molecule has 0 radical (unpaired) electrons. The molecule has 0 aliphatic rings. The molecule has 0 aliphatic carbocycles. The highest BCUT2D eigenvalue weighted by Gasteiger charge is 2.05. The van der Waals surface area contributed by atoms with Crippen molar-refractivity contribution in [3.63, 3.8) is 0 Å². The van der Waals surface area contributed by atoms with Crippen LogP contribution in [0.3, 0.4) is 0 Å². The largest absolute Gasteiger partial charge is 0.398 e. The van der Waals surface area contributed by atoms with Gasteiger partial charge in [0.15, 0.2) is 0 Å². The van der Waals surface area contributed by atoms with E-state index in [1.807, 2.05) is 30.3 Å². The average Bonchev–Trinajstić information content (AvgIpc) is 2.44. The fourth-order valence-electron chi connectivity index (χ4n) is 2.33. The number of nitrogens with zero attached hydrogens (tertiary/aromatic N) is 1. The van der Waals surface area contributed by atoms with Crippen LogP contribution in [0.2, 0.25) is 0 Å². The van der Waals surface area contributed by atoms with Gasteiger partial charge in [0.25, 0.3) is 0 Å². The van der Waals surface area contributed by atoms with E-state index in [0.717, 1.165) is 41.3 Å². The Kier molecular flexibility index (Phi) is 4.74. The second-order valence-corrected chi connectivity index (χ2v) is 5.03. The number of benzene rings is 1. The summed E-state index contributed by atoms with van der Waals surface area (Å²) in [7, 11) is 0. The Morgan fingerprint density at radius 3 is 2.68 bits per heavy atom. The lowest BCUT2D eigenvalue weighted by Crippen LogP contribution is -2.22. The Morgan fingerprint density at radius 2 is 1.95 bits per heavy atom. The Morgan fingerprint density at radius 1 is 1.21 bits per heavy atom. The molecule has 0 atom stereocenters. The van der Waals surface area contributed by atoms with E-state index in [9.17, 15) is 0 Å². The number of nitrogens with one attached hydrogen (secondary N) is 1. The van der Waals surface area contributed by atoms with Crippen molar-refractivity contribution in [2.24, 2.45) is 5.92 Å². The van der Waals surface area contributed by atoms with Gasteiger partial charge in [0.2, 0.25) is 0 Å². The molecule has 19 heavy (non-hydrogen) atoms. The summed E-state index contributed by atoms with van der Waals surface area (Å²) in [4.78, 5) is 4.64. The number of nitrogen functional groups attached to an aromatic ring is 1. The molecule has 0 fully saturated rings. The second-order valence-electron chi connectivity index (χ2n) is 5.03. The molecule has 0 saturated heterocycles. The van der Waals surface area contributed by atoms with Crippen molar-refractivity contribution >= 4 is 16.6 Å². The van der Waals surface area contributed by atoms with Gasteiger partial charge < -0.3 is 11.1 Å². The number of pyridine rings is 1. The third-order valence-electron chi connectivity index (χ3n) is 3.70. The van der Waals surface area contributed by atoms with Gasteiger partial charge in [0, 0.05) is 17.6 Å². The SMILES string of the molecule is CCC(CC)CNCc1cc(N)c2ccccc2n1. The molecule has 3 nitrogen and oxygen atoms in total. The lowest BCUT2D eigenvalue weighted by Gasteiger charge is -2.13. The number of fused-ring (bicyclic) bond motifs is 1. The molecular weight excluding hydrogens is 234 g/mol. The first-order valence-corrected chi connectivity index (χ1v) is 7.09. The third kappa shape index (κ3) is 3.44. The molecule has 1 aromatic carbocycles. The first kappa shape index (κ1) is 13.8. The van der Waals surface area contributed by atoms with Crippen molar-refractivity contribution in [1.82, 2.24) is 10.3 Å².